The van der Waals surface area contributed by atoms with Gasteiger partial charge in [-0.05, 0) is 28.9 Å². The van der Waals surface area contributed by atoms with Crippen LogP contribution in [0.1, 0.15) is 51.7 Å². The Hall–Kier alpha value is -0.980. The monoisotopic (exact) mass is 206 g/mol. The fraction of sp³-hybridized carbons (Fsp3) is 0.571. The Balaban J connectivity index is 3.05. The second-order valence-corrected chi connectivity index (χ2v) is 5.75. The summed E-state index contributed by atoms with van der Waals surface area (Å²) in [7, 11) is 0. The first kappa shape index (κ1) is 12.1. The third-order valence-electron chi connectivity index (χ3n) is 2.49. The van der Waals surface area contributed by atoms with Gasteiger partial charge in [0.2, 0.25) is 0 Å². The Kier molecular flexibility index (Phi) is 3.43. The fourth-order valence-electron chi connectivity index (χ4n) is 1.79. The Morgan fingerprint density at radius 2 is 1.80 bits per heavy atom. The lowest BCUT2D eigenvalue weighted by Crippen LogP contribution is -2.09. The third-order valence-corrected chi connectivity index (χ3v) is 2.49. The van der Waals surface area contributed by atoms with Gasteiger partial charge in [-0.25, -0.2) is 0 Å². The molecule has 0 atom stereocenters. The summed E-state index contributed by atoms with van der Waals surface area (Å²) in [6.45, 7) is 10.8. The van der Waals surface area contributed by atoms with E-state index < -0.39 is 0 Å². The highest BCUT2D eigenvalue weighted by molar-refractivity contribution is 5.42. The number of benzene rings is 1. The van der Waals surface area contributed by atoms with Gasteiger partial charge in [0.15, 0.2) is 0 Å². The van der Waals surface area contributed by atoms with Crippen LogP contribution in [0, 0.1) is 5.41 Å². The molecule has 1 nitrogen and oxygen atoms in total. The van der Waals surface area contributed by atoms with E-state index in [1.807, 2.05) is 18.2 Å². The third kappa shape index (κ3) is 3.26. The van der Waals surface area contributed by atoms with Crippen LogP contribution >= 0.6 is 0 Å². The molecule has 84 valence electrons. The van der Waals surface area contributed by atoms with Gasteiger partial charge in [-0.3, -0.25) is 0 Å². The van der Waals surface area contributed by atoms with E-state index in [2.05, 4.69) is 34.6 Å². The predicted octanol–water partition coefficient (Wildman–Crippen LogP) is 4.10. The van der Waals surface area contributed by atoms with Crippen molar-refractivity contribution in [3.05, 3.63) is 29.3 Å². The molecular weight excluding hydrogens is 184 g/mol. The molecule has 1 rings (SSSR count). The molecule has 1 aromatic rings. The van der Waals surface area contributed by atoms with Crippen LogP contribution in [-0.2, 0) is 6.42 Å². The molecule has 0 aromatic heterocycles. The van der Waals surface area contributed by atoms with Crippen LogP contribution in [0.15, 0.2) is 18.2 Å². The van der Waals surface area contributed by atoms with E-state index >= 15 is 0 Å². The molecule has 15 heavy (non-hydrogen) atoms. The highest BCUT2D eigenvalue weighted by atomic mass is 16.3. The van der Waals surface area contributed by atoms with Gasteiger partial charge in [-0.15, -0.1) is 0 Å². The zero-order valence-electron chi connectivity index (χ0n) is 10.5. The molecule has 0 fully saturated rings. The lowest BCUT2D eigenvalue weighted by Gasteiger charge is -2.20. The van der Waals surface area contributed by atoms with E-state index in [1.165, 1.54) is 0 Å². The first-order valence-electron chi connectivity index (χ1n) is 5.62. The minimum atomic E-state index is 0.215. The summed E-state index contributed by atoms with van der Waals surface area (Å²) in [4.78, 5) is 0. The van der Waals surface area contributed by atoms with Crippen molar-refractivity contribution in [1.29, 1.82) is 0 Å². The smallest absolute Gasteiger partial charge is 0.122 e. The average Bonchev–Trinajstić information content (AvgIpc) is 2.05. The molecule has 0 spiro atoms. The van der Waals surface area contributed by atoms with Crippen molar-refractivity contribution < 1.29 is 5.11 Å². The van der Waals surface area contributed by atoms with Gasteiger partial charge in [0.25, 0.3) is 0 Å². The van der Waals surface area contributed by atoms with Crippen LogP contribution in [0.2, 0.25) is 0 Å². The molecular formula is C14H22O. The van der Waals surface area contributed by atoms with E-state index in [0.717, 1.165) is 17.5 Å². The minimum Gasteiger partial charge on any atom is -0.507 e. The Morgan fingerprint density at radius 3 is 2.27 bits per heavy atom. The molecule has 0 aliphatic rings. The number of aromatic hydroxyl groups is 1. The highest BCUT2D eigenvalue weighted by Crippen LogP contribution is 2.32. The van der Waals surface area contributed by atoms with Gasteiger partial charge in [0.05, 0.1) is 0 Å². The summed E-state index contributed by atoms with van der Waals surface area (Å²) in [6, 6.07) is 6.06. The zero-order chi connectivity index (χ0) is 11.6. The lowest BCUT2D eigenvalue weighted by atomic mass is 9.86. The maximum atomic E-state index is 10.1. The molecule has 0 aliphatic carbocycles. The Morgan fingerprint density at radius 1 is 1.20 bits per heavy atom. The number of phenolic OH excluding ortho intramolecular Hbond substituents is 1. The minimum absolute atomic E-state index is 0.215. The maximum Gasteiger partial charge on any atom is 0.122 e. The summed E-state index contributed by atoms with van der Waals surface area (Å²) < 4.78 is 0. The molecule has 1 N–H and O–H groups in total. The van der Waals surface area contributed by atoms with Crippen molar-refractivity contribution >= 4 is 0 Å². The van der Waals surface area contributed by atoms with Crippen LogP contribution < -0.4 is 0 Å². The summed E-state index contributed by atoms with van der Waals surface area (Å²) >= 11 is 0. The molecule has 1 aromatic carbocycles. The molecule has 0 bridgehead atoms. The largest absolute Gasteiger partial charge is 0.507 e. The quantitative estimate of drug-likeness (QED) is 0.772. The average molecular weight is 206 g/mol. The van der Waals surface area contributed by atoms with E-state index in [4.69, 9.17) is 0 Å². The summed E-state index contributed by atoms with van der Waals surface area (Å²) in [6.07, 6.45) is 0.916. The van der Waals surface area contributed by atoms with Crippen LogP contribution in [-0.4, -0.2) is 5.11 Å². The summed E-state index contributed by atoms with van der Waals surface area (Å²) in [5.41, 5.74) is 2.33. The van der Waals surface area contributed by atoms with Crippen molar-refractivity contribution in [1.82, 2.24) is 0 Å². The number of hydrogen-bond donors (Lipinski definition) is 1. The molecule has 0 unspecified atom stereocenters. The van der Waals surface area contributed by atoms with E-state index in [-0.39, 0.29) is 5.41 Å². The maximum absolute atomic E-state index is 10.1. The Bertz CT molecular complexity index is 332. The van der Waals surface area contributed by atoms with Crippen molar-refractivity contribution in [2.24, 2.45) is 5.41 Å². The van der Waals surface area contributed by atoms with E-state index in [9.17, 15) is 5.11 Å². The molecule has 0 aliphatic heterocycles. The highest BCUT2D eigenvalue weighted by Gasteiger charge is 2.16. The standard InChI is InChI=1S/C14H22O/c1-10(2)12-8-6-7-11(13(12)15)9-14(3,4)5/h6-8,10,15H,9H2,1-5H3. The van der Waals surface area contributed by atoms with Gasteiger partial charge >= 0.3 is 0 Å². The van der Waals surface area contributed by atoms with Gasteiger partial charge in [0, 0.05) is 0 Å². The van der Waals surface area contributed by atoms with Gasteiger partial charge in [-0.1, -0.05) is 52.8 Å². The first-order valence-corrected chi connectivity index (χ1v) is 5.62. The normalized spacial score (nSPS) is 12.1. The van der Waals surface area contributed by atoms with Crippen LogP contribution in [0.5, 0.6) is 5.75 Å². The number of rotatable bonds is 2. The predicted molar refractivity (Wildman–Crippen MR) is 65.4 cm³/mol. The van der Waals surface area contributed by atoms with Crippen molar-refractivity contribution in [3.63, 3.8) is 0 Å². The topological polar surface area (TPSA) is 20.2 Å². The van der Waals surface area contributed by atoms with Crippen molar-refractivity contribution in [2.45, 2.75) is 47.0 Å². The molecule has 1 heteroatoms. The van der Waals surface area contributed by atoms with Crippen LogP contribution in [0.4, 0.5) is 0 Å². The first-order chi connectivity index (χ1) is 6.81. The second-order valence-electron chi connectivity index (χ2n) is 5.75. The Labute approximate surface area is 93.1 Å². The van der Waals surface area contributed by atoms with Crippen molar-refractivity contribution in [3.8, 4) is 5.75 Å². The molecule has 0 heterocycles. The molecule has 0 saturated heterocycles. The lowest BCUT2D eigenvalue weighted by molar-refractivity contribution is 0.392. The van der Waals surface area contributed by atoms with Gasteiger partial charge in [-0.2, -0.15) is 0 Å². The summed E-state index contributed by atoms with van der Waals surface area (Å²) in [5.74, 6) is 0.868. The zero-order valence-corrected chi connectivity index (χ0v) is 10.5. The van der Waals surface area contributed by atoms with E-state index in [0.29, 0.717) is 11.7 Å². The van der Waals surface area contributed by atoms with E-state index in [1.54, 1.807) is 0 Å². The van der Waals surface area contributed by atoms with Crippen molar-refractivity contribution in [2.75, 3.05) is 0 Å². The molecule has 0 radical (unpaired) electrons. The number of para-hydroxylation sites is 1. The van der Waals surface area contributed by atoms with Crippen LogP contribution in [0.3, 0.4) is 0 Å². The number of hydrogen-bond acceptors (Lipinski definition) is 1. The SMILES string of the molecule is CC(C)c1cccc(CC(C)(C)C)c1O. The van der Waals surface area contributed by atoms with Gasteiger partial charge in [0.1, 0.15) is 5.75 Å². The number of phenols is 1. The fourth-order valence-corrected chi connectivity index (χ4v) is 1.79. The molecule has 0 saturated carbocycles. The van der Waals surface area contributed by atoms with Crippen LogP contribution in [0.25, 0.3) is 0 Å². The second kappa shape index (κ2) is 4.26. The van der Waals surface area contributed by atoms with Gasteiger partial charge < -0.3 is 5.11 Å². The molecule has 0 amide bonds. The summed E-state index contributed by atoms with van der Waals surface area (Å²) in [5, 5.41) is 10.1.